The minimum Gasteiger partial charge on any atom is -0.396 e. The molecule has 0 aromatic carbocycles. The minimum absolute atomic E-state index is 0.00969. The molecule has 7 nitrogen and oxygen atoms in total. The van der Waals surface area contributed by atoms with E-state index in [4.69, 9.17) is 5.11 Å². The zero-order valence-corrected chi connectivity index (χ0v) is 11.9. The van der Waals surface area contributed by atoms with Gasteiger partial charge in [-0.3, -0.25) is 10.1 Å². The van der Waals surface area contributed by atoms with Crippen LogP contribution in [0.2, 0.25) is 0 Å². The van der Waals surface area contributed by atoms with Crippen LogP contribution in [-0.4, -0.2) is 34.2 Å². The lowest BCUT2D eigenvalue weighted by atomic mass is 10.2. The van der Waals surface area contributed by atoms with Gasteiger partial charge in [0.25, 0.3) is 5.69 Å². The lowest BCUT2D eigenvalue weighted by molar-refractivity contribution is -0.384. The van der Waals surface area contributed by atoms with E-state index in [1.54, 1.807) is 0 Å². The van der Waals surface area contributed by atoms with Gasteiger partial charge in [-0.05, 0) is 26.2 Å². The van der Waals surface area contributed by atoms with Gasteiger partial charge in [-0.2, -0.15) is 0 Å². The largest absolute Gasteiger partial charge is 0.396 e. The zero-order chi connectivity index (χ0) is 15.0. The monoisotopic (exact) mass is 282 g/mol. The number of nitrogens with zero attached hydrogens (tertiary/aromatic N) is 2. The number of anilines is 2. The predicted molar refractivity (Wildman–Crippen MR) is 79.1 cm³/mol. The van der Waals surface area contributed by atoms with Crippen LogP contribution in [0.25, 0.3) is 0 Å². The van der Waals surface area contributed by atoms with Gasteiger partial charge < -0.3 is 15.7 Å². The van der Waals surface area contributed by atoms with Crippen molar-refractivity contribution in [1.29, 1.82) is 0 Å². The number of hydrogen-bond donors (Lipinski definition) is 3. The highest BCUT2D eigenvalue weighted by atomic mass is 16.6. The molecule has 0 amide bonds. The molecule has 7 heteroatoms. The summed E-state index contributed by atoms with van der Waals surface area (Å²) in [4.78, 5) is 14.8. The first-order valence-electron chi connectivity index (χ1n) is 6.84. The Morgan fingerprint density at radius 2 is 2.15 bits per heavy atom. The molecule has 0 aliphatic carbocycles. The number of pyridine rings is 1. The van der Waals surface area contributed by atoms with Crippen molar-refractivity contribution in [2.24, 2.45) is 0 Å². The third kappa shape index (κ3) is 5.40. The Morgan fingerprint density at radius 1 is 1.45 bits per heavy atom. The number of aromatic nitrogens is 1. The summed E-state index contributed by atoms with van der Waals surface area (Å²) >= 11 is 0. The molecule has 1 unspecified atom stereocenters. The highest BCUT2D eigenvalue weighted by molar-refractivity contribution is 5.54. The Kier molecular flexibility index (Phi) is 6.72. The van der Waals surface area contributed by atoms with Crippen LogP contribution in [0.1, 0.15) is 33.1 Å². The normalized spacial score (nSPS) is 11.9. The fourth-order valence-electron chi connectivity index (χ4n) is 1.76. The summed E-state index contributed by atoms with van der Waals surface area (Å²) in [5.74, 6) is 0.973. The Morgan fingerprint density at radius 3 is 2.75 bits per heavy atom. The van der Waals surface area contributed by atoms with Crippen LogP contribution in [0, 0.1) is 10.1 Å². The van der Waals surface area contributed by atoms with Crippen molar-refractivity contribution in [3.05, 3.63) is 22.2 Å². The lowest BCUT2D eigenvalue weighted by Gasteiger charge is -2.14. The first-order valence-corrected chi connectivity index (χ1v) is 6.84. The Bertz CT molecular complexity index is 440. The van der Waals surface area contributed by atoms with Crippen molar-refractivity contribution in [1.82, 2.24) is 4.98 Å². The molecule has 112 valence electrons. The zero-order valence-electron chi connectivity index (χ0n) is 11.9. The molecule has 0 aliphatic rings. The van der Waals surface area contributed by atoms with Gasteiger partial charge in [-0.25, -0.2) is 4.98 Å². The molecule has 1 aromatic rings. The van der Waals surface area contributed by atoms with Crippen LogP contribution in [0.5, 0.6) is 0 Å². The average molecular weight is 282 g/mol. The fraction of sp³-hybridized carbons (Fsp3) is 0.615. The van der Waals surface area contributed by atoms with E-state index < -0.39 is 4.92 Å². The summed E-state index contributed by atoms with van der Waals surface area (Å²) in [6.07, 6.45) is 2.38. The van der Waals surface area contributed by atoms with E-state index in [0.717, 1.165) is 12.8 Å². The van der Waals surface area contributed by atoms with Crippen LogP contribution in [-0.2, 0) is 0 Å². The van der Waals surface area contributed by atoms with E-state index in [9.17, 15) is 10.1 Å². The summed E-state index contributed by atoms with van der Waals surface area (Å²) in [6, 6.07) is 2.95. The maximum Gasteiger partial charge on any atom is 0.276 e. The van der Waals surface area contributed by atoms with E-state index in [0.29, 0.717) is 24.6 Å². The molecule has 1 aromatic heterocycles. The van der Waals surface area contributed by atoms with Crippen molar-refractivity contribution in [2.45, 2.75) is 39.2 Å². The molecule has 20 heavy (non-hydrogen) atoms. The Balaban J connectivity index is 2.82. The van der Waals surface area contributed by atoms with Gasteiger partial charge in [-0.1, -0.05) is 6.92 Å². The van der Waals surface area contributed by atoms with Crippen molar-refractivity contribution >= 4 is 17.3 Å². The molecule has 3 N–H and O–H groups in total. The van der Waals surface area contributed by atoms with Gasteiger partial charge in [0.05, 0.1) is 17.1 Å². The molecular weight excluding hydrogens is 260 g/mol. The SMILES string of the molecule is CCCNc1cc([N+](=O)[O-])cc(NC(C)CCCO)n1. The molecule has 1 atom stereocenters. The van der Waals surface area contributed by atoms with Crippen LogP contribution < -0.4 is 10.6 Å². The van der Waals surface area contributed by atoms with E-state index in [2.05, 4.69) is 15.6 Å². The van der Waals surface area contributed by atoms with E-state index >= 15 is 0 Å². The smallest absolute Gasteiger partial charge is 0.276 e. The quantitative estimate of drug-likeness (QED) is 0.475. The predicted octanol–water partition coefficient (Wildman–Crippen LogP) is 2.38. The highest BCUT2D eigenvalue weighted by Crippen LogP contribution is 2.21. The van der Waals surface area contributed by atoms with Crippen LogP contribution in [0.3, 0.4) is 0 Å². The van der Waals surface area contributed by atoms with Crippen molar-refractivity contribution in [3.63, 3.8) is 0 Å². The van der Waals surface area contributed by atoms with Crippen LogP contribution in [0.4, 0.5) is 17.3 Å². The fourth-order valence-corrected chi connectivity index (χ4v) is 1.76. The molecule has 0 radical (unpaired) electrons. The molecule has 1 heterocycles. The topological polar surface area (TPSA) is 100 Å². The van der Waals surface area contributed by atoms with Gasteiger partial charge in [0.2, 0.25) is 0 Å². The van der Waals surface area contributed by atoms with Crippen LogP contribution >= 0.6 is 0 Å². The number of nitrogens with one attached hydrogen (secondary N) is 2. The molecule has 0 bridgehead atoms. The molecule has 0 spiro atoms. The second-order valence-electron chi connectivity index (χ2n) is 4.69. The van der Waals surface area contributed by atoms with Gasteiger partial charge >= 0.3 is 0 Å². The molecule has 0 saturated heterocycles. The molecule has 1 rings (SSSR count). The maximum absolute atomic E-state index is 10.9. The molecule has 0 saturated carbocycles. The second kappa shape index (κ2) is 8.31. The molecule has 0 aliphatic heterocycles. The van der Waals surface area contributed by atoms with Gasteiger partial charge in [0.1, 0.15) is 11.6 Å². The summed E-state index contributed by atoms with van der Waals surface area (Å²) in [5, 5.41) is 25.9. The molecule has 0 fully saturated rings. The Labute approximate surface area is 118 Å². The van der Waals surface area contributed by atoms with E-state index in [1.165, 1.54) is 12.1 Å². The summed E-state index contributed by atoms with van der Waals surface area (Å²) in [5.41, 5.74) is 0.00969. The van der Waals surface area contributed by atoms with Crippen molar-refractivity contribution in [3.8, 4) is 0 Å². The molecular formula is C13H22N4O3. The van der Waals surface area contributed by atoms with Gasteiger partial charge in [0, 0.05) is 19.2 Å². The Hall–Kier alpha value is -1.89. The number of aliphatic hydroxyl groups excluding tert-OH is 1. The first kappa shape index (κ1) is 16.2. The van der Waals surface area contributed by atoms with E-state index in [-0.39, 0.29) is 18.3 Å². The number of hydrogen-bond acceptors (Lipinski definition) is 6. The maximum atomic E-state index is 10.9. The standard InChI is InChI=1S/C13H22N4O3/c1-3-6-14-12-8-11(17(19)20)9-13(16-12)15-10(2)5-4-7-18/h8-10,18H,3-7H2,1-2H3,(H2,14,15,16). The highest BCUT2D eigenvalue weighted by Gasteiger charge is 2.12. The van der Waals surface area contributed by atoms with Crippen molar-refractivity contribution < 1.29 is 10.0 Å². The number of aliphatic hydroxyl groups is 1. The first-order chi connectivity index (χ1) is 9.56. The van der Waals surface area contributed by atoms with Gasteiger partial charge in [-0.15, -0.1) is 0 Å². The number of nitro groups is 1. The lowest BCUT2D eigenvalue weighted by Crippen LogP contribution is -2.17. The second-order valence-corrected chi connectivity index (χ2v) is 4.69. The van der Waals surface area contributed by atoms with E-state index in [1.807, 2.05) is 13.8 Å². The van der Waals surface area contributed by atoms with Gasteiger partial charge in [0.15, 0.2) is 0 Å². The third-order valence-electron chi connectivity index (χ3n) is 2.77. The summed E-state index contributed by atoms with van der Waals surface area (Å²) < 4.78 is 0. The average Bonchev–Trinajstić information content (AvgIpc) is 2.42. The summed E-state index contributed by atoms with van der Waals surface area (Å²) in [7, 11) is 0. The minimum atomic E-state index is -0.428. The third-order valence-corrected chi connectivity index (χ3v) is 2.77. The summed E-state index contributed by atoms with van der Waals surface area (Å²) in [6.45, 7) is 4.82. The number of rotatable bonds is 9. The van der Waals surface area contributed by atoms with Crippen molar-refractivity contribution in [2.75, 3.05) is 23.8 Å². The van der Waals surface area contributed by atoms with Crippen LogP contribution in [0.15, 0.2) is 12.1 Å².